The zero-order valence-electron chi connectivity index (χ0n) is 10.8. The summed E-state index contributed by atoms with van der Waals surface area (Å²) in [5, 5.41) is 12.3. The summed E-state index contributed by atoms with van der Waals surface area (Å²) in [4.78, 5) is 4.34. The molecule has 2 heterocycles. The van der Waals surface area contributed by atoms with Gasteiger partial charge in [0.25, 0.3) is 0 Å². The second kappa shape index (κ2) is 4.34. The van der Waals surface area contributed by atoms with E-state index in [2.05, 4.69) is 4.98 Å². The predicted molar refractivity (Wildman–Crippen MR) is 82.5 cm³/mol. The molecule has 4 rings (SSSR count). The maximum atomic E-state index is 11.4. The van der Waals surface area contributed by atoms with E-state index in [1.807, 2.05) is 24.3 Å². The molecule has 3 aromatic rings. The molecule has 2 aromatic carbocycles. The molecule has 1 aliphatic rings. The average Bonchev–Trinajstić information content (AvgIpc) is 3.06. The molecule has 1 atom stereocenters. The van der Waals surface area contributed by atoms with Crippen molar-refractivity contribution in [3.63, 3.8) is 0 Å². The molecule has 0 bridgehead atoms. The van der Waals surface area contributed by atoms with Gasteiger partial charge >= 0.3 is 0 Å². The van der Waals surface area contributed by atoms with Crippen LogP contribution in [0.3, 0.4) is 0 Å². The number of imidazole rings is 1. The Morgan fingerprint density at radius 2 is 1.86 bits per heavy atom. The molecule has 0 fully saturated rings. The third-order valence-corrected chi connectivity index (χ3v) is 4.59. The quantitative estimate of drug-likeness (QED) is 0.739. The van der Waals surface area contributed by atoms with Gasteiger partial charge in [-0.2, -0.15) is 0 Å². The van der Waals surface area contributed by atoms with Gasteiger partial charge in [0.1, 0.15) is 5.82 Å². The fraction of sp³-hybridized carbons (Fsp3) is 0.0625. The second-order valence-corrected chi connectivity index (χ2v) is 5.78. The van der Waals surface area contributed by atoms with Crippen LogP contribution in [0.1, 0.15) is 11.1 Å². The van der Waals surface area contributed by atoms with E-state index in [9.17, 15) is 5.11 Å². The molecule has 0 saturated carbocycles. The van der Waals surface area contributed by atoms with E-state index >= 15 is 0 Å². The van der Waals surface area contributed by atoms with E-state index < -0.39 is 5.72 Å². The van der Waals surface area contributed by atoms with Crippen LogP contribution in [0, 0.1) is 0 Å². The maximum Gasteiger partial charge on any atom is 0.197 e. The van der Waals surface area contributed by atoms with Crippen LogP contribution >= 0.6 is 23.2 Å². The van der Waals surface area contributed by atoms with Gasteiger partial charge in [0.15, 0.2) is 5.72 Å². The van der Waals surface area contributed by atoms with Gasteiger partial charge in [-0.15, -0.1) is 0 Å². The molecule has 0 amide bonds. The van der Waals surface area contributed by atoms with Gasteiger partial charge < -0.3 is 5.11 Å². The molecule has 3 nitrogen and oxygen atoms in total. The molecular formula is C16H10Cl2N2O. The first-order valence-corrected chi connectivity index (χ1v) is 7.19. The zero-order valence-corrected chi connectivity index (χ0v) is 12.3. The Bertz CT molecular complexity index is 859. The molecule has 1 aromatic heterocycles. The SMILES string of the molecule is OC1(c2ccc(Cl)c(Cl)c2)c2ccccc2-c2nccn21. The minimum Gasteiger partial charge on any atom is -0.363 e. The van der Waals surface area contributed by atoms with Crippen LogP contribution in [0.4, 0.5) is 0 Å². The molecule has 1 unspecified atom stereocenters. The first kappa shape index (κ1) is 12.9. The molecule has 0 saturated heterocycles. The Morgan fingerprint density at radius 3 is 2.67 bits per heavy atom. The lowest BCUT2D eigenvalue weighted by Gasteiger charge is -2.27. The monoisotopic (exact) mass is 316 g/mol. The topological polar surface area (TPSA) is 38.1 Å². The van der Waals surface area contributed by atoms with Crippen molar-refractivity contribution in [1.29, 1.82) is 0 Å². The molecule has 1 N–H and O–H groups in total. The average molecular weight is 317 g/mol. The Morgan fingerprint density at radius 1 is 1.05 bits per heavy atom. The summed E-state index contributed by atoms with van der Waals surface area (Å²) in [6.07, 6.45) is 3.44. The van der Waals surface area contributed by atoms with Crippen molar-refractivity contribution in [3.8, 4) is 11.4 Å². The number of fused-ring (bicyclic) bond motifs is 3. The molecule has 0 spiro atoms. The fourth-order valence-electron chi connectivity index (χ4n) is 2.88. The van der Waals surface area contributed by atoms with E-state index in [0.29, 0.717) is 15.6 Å². The standard InChI is InChI=1S/C16H10Cl2N2O/c17-13-6-5-10(9-14(13)18)16(21)12-4-2-1-3-11(12)15-19-7-8-20(15)16/h1-9,21H. The van der Waals surface area contributed by atoms with Crippen molar-refractivity contribution in [2.24, 2.45) is 0 Å². The number of hydrogen-bond acceptors (Lipinski definition) is 2. The van der Waals surface area contributed by atoms with Gasteiger partial charge in [-0.1, -0.05) is 53.5 Å². The zero-order chi connectivity index (χ0) is 14.6. The van der Waals surface area contributed by atoms with Crippen LogP contribution in [0.25, 0.3) is 11.4 Å². The Kier molecular flexibility index (Phi) is 2.67. The Labute approximate surface area is 131 Å². The first-order valence-electron chi connectivity index (χ1n) is 6.44. The summed E-state index contributed by atoms with van der Waals surface area (Å²) in [6.45, 7) is 0. The number of aliphatic hydroxyl groups is 1. The number of aromatic nitrogens is 2. The van der Waals surface area contributed by atoms with Crippen molar-refractivity contribution in [1.82, 2.24) is 9.55 Å². The molecule has 0 aliphatic carbocycles. The molecule has 0 radical (unpaired) electrons. The van der Waals surface area contributed by atoms with Crippen molar-refractivity contribution in [2.45, 2.75) is 5.72 Å². The summed E-state index contributed by atoms with van der Waals surface area (Å²) < 4.78 is 1.75. The summed E-state index contributed by atoms with van der Waals surface area (Å²) in [6, 6.07) is 12.8. The van der Waals surface area contributed by atoms with Gasteiger partial charge in [-0.25, -0.2) is 4.98 Å². The highest BCUT2D eigenvalue weighted by atomic mass is 35.5. The van der Waals surface area contributed by atoms with Crippen molar-refractivity contribution in [2.75, 3.05) is 0 Å². The van der Waals surface area contributed by atoms with Gasteiger partial charge in [0, 0.05) is 29.1 Å². The summed E-state index contributed by atoms with van der Waals surface area (Å²) >= 11 is 12.1. The van der Waals surface area contributed by atoms with Gasteiger partial charge in [0.2, 0.25) is 0 Å². The Balaban J connectivity index is 2.05. The lowest BCUT2D eigenvalue weighted by atomic mass is 9.93. The first-order chi connectivity index (χ1) is 10.1. The second-order valence-electron chi connectivity index (χ2n) is 4.97. The number of halogens is 2. The largest absolute Gasteiger partial charge is 0.363 e. The summed E-state index contributed by atoms with van der Waals surface area (Å²) in [5.41, 5.74) is 1.03. The van der Waals surface area contributed by atoms with E-state index in [4.69, 9.17) is 23.2 Å². The van der Waals surface area contributed by atoms with Gasteiger partial charge in [0.05, 0.1) is 10.0 Å². The fourth-order valence-corrected chi connectivity index (χ4v) is 3.18. The van der Waals surface area contributed by atoms with E-state index in [0.717, 1.165) is 17.0 Å². The molecule has 21 heavy (non-hydrogen) atoms. The van der Waals surface area contributed by atoms with E-state index in [-0.39, 0.29) is 0 Å². The highest BCUT2D eigenvalue weighted by molar-refractivity contribution is 6.42. The number of rotatable bonds is 1. The van der Waals surface area contributed by atoms with Crippen LogP contribution in [0.2, 0.25) is 10.0 Å². The van der Waals surface area contributed by atoms with Crippen LogP contribution in [0.5, 0.6) is 0 Å². The lowest BCUT2D eigenvalue weighted by Crippen LogP contribution is -2.32. The minimum atomic E-state index is -1.32. The molecular weight excluding hydrogens is 307 g/mol. The van der Waals surface area contributed by atoms with Crippen molar-refractivity contribution >= 4 is 23.2 Å². The third kappa shape index (κ3) is 1.62. The Hall–Kier alpha value is -1.81. The van der Waals surface area contributed by atoms with Crippen molar-refractivity contribution < 1.29 is 5.11 Å². The highest BCUT2D eigenvalue weighted by Crippen LogP contribution is 2.45. The predicted octanol–water partition coefficient (Wildman–Crippen LogP) is 3.91. The van der Waals surface area contributed by atoms with Crippen molar-refractivity contribution in [3.05, 3.63) is 76.0 Å². The number of nitrogens with zero attached hydrogens (tertiary/aromatic N) is 2. The maximum absolute atomic E-state index is 11.4. The van der Waals surface area contributed by atoms with Gasteiger partial charge in [-0.3, -0.25) is 4.57 Å². The van der Waals surface area contributed by atoms with Crippen LogP contribution < -0.4 is 0 Å². The minimum absolute atomic E-state index is 0.411. The van der Waals surface area contributed by atoms with E-state index in [1.165, 1.54) is 0 Å². The smallest absolute Gasteiger partial charge is 0.197 e. The molecule has 1 aliphatic heterocycles. The lowest BCUT2D eigenvalue weighted by molar-refractivity contribution is 0.0572. The third-order valence-electron chi connectivity index (χ3n) is 3.86. The highest BCUT2D eigenvalue weighted by Gasteiger charge is 2.43. The normalized spacial score (nSPS) is 19.4. The molecule has 104 valence electrons. The van der Waals surface area contributed by atoms with Crippen LogP contribution in [0.15, 0.2) is 54.9 Å². The van der Waals surface area contributed by atoms with E-state index in [1.54, 1.807) is 35.2 Å². The van der Waals surface area contributed by atoms with Crippen LogP contribution in [-0.2, 0) is 5.72 Å². The number of hydrogen-bond donors (Lipinski definition) is 1. The summed E-state index contributed by atoms with van der Waals surface area (Å²) in [7, 11) is 0. The van der Waals surface area contributed by atoms with Crippen LogP contribution in [-0.4, -0.2) is 14.7 Å². The molecule has 5 heteroatoms. The van der Waals surface area contributed by atoms with Gasteiger partial charge in [-0.05, 0) is 12.1 Å². The summed E-state index contributed by atoms with van der Waals surface area (Å²) in [5.74, 6) is 0.735. The number of benzene rings is 2.